The molecule has 3 aliphatic heterocycles. The maximum absolute atomic E-state index is 13.7. The normalized spacial score (nSPS) is 25.4. The highest BCUT2D eigenvalue weighted by atomic mass is 16.5. The van der Waals surface area contributed by atoms with Crippen molar-refractivity contribution < 1.29 is 19.1 Å². The van der Waals surface area contributed by atoms with Crippen molar-refractivity contribution in [2.75, 3.05) is 38.2 Å². The monoisotopic (exact) mass is 562 g/mol. The summed E-state index contributed by atoms with van der Waals surface area (Å²) in [5, 5.41) is 13.6. The largest absolute Gasteiger partial charge is 0.381 e. The van der Waals surface area contributed by atoms with Crippen LogP contribution in [-0.4, -0.2) is 77.3 Å². The highest BCUT2D eigenvalue weighted by Gasteiger charge is 2.41. The molecule has 3 atom stereocenters. The Balaban J connectivity index is 1.32. The molecule has 0 bridgehead atoms. The van der Waals surface area contributed by atoms with Crippen molar-refractivity contribution in [2.24, 2.45) is 18.4 Å². The van der Waals surface area contributed by atoms with E-state index in [4.69, 9.17) is 4.74 Å². The Kier molecular flexibility index (Phi) is 9.19. The van der Waals surface area contributed by atoms with Crippen LogP contribution in [0.15, 0.2) is 48.7 Å². The van der Waals surface area contributed by atoms with Gasteiger partial charge in [0.05, 0.1) is 29.5 Å². The molecule has 2 aromatic rings. The number of anilines is 1. The van der Waals surface area contributed by atoms with E-state index in [-0.39, 0.29) is 36.2 Å². The molecular weight excluding hydrogens is 520 g/mol. The van der Waals surface area contributed by atoms with Crippen LogP contribution in [0.4, 0.5) is 5.69 Å². The number of likely N-dealkylation sites (tertiary alicyclic amines) is 1. The number of rotatable bonds is 5. The smallest absolute Gasteiger partial charge is 0.243 e. The molecule has 3 amide bonds. The van der Waals surface area contributed by atoms with E-state index in [0.717, 1.165) is 29.8 Å². The van der Waals surface area contributed by atoms with Gasteiger partial charge in [0, 0.05) is 45.8 Å². The third-order valence-electron chi connectivity index (χ3n) is 8.97. The summed E-state index contributed by atoms with van der Waals surface area (Å²) in [6, 6.07) is 9.12. The first-order valence-corrected chi connectivity index (χ1v) is 14.7. The Morgan fingerprint density at radius 1 is 1.15 bits per heavy atom. The molecule has 1 spiro atoms. The topological polar surface area (TPSA) is 118 Å². The first-order valence-electron chi connectivity index (χ1n) is 14.7. The van der Waals surface area contributed by atoms with Crippen LogP contribution in [0, 0.1) is 18.3 Å². The fourth-order valence-electron chi connectivity index (χ4n) is 6.21. The Labute approximate surface area is 241 Å². The number of aryl methyl sites for hydroxylation is 1. The quantitative estimate of drug-likeness (QED) is 0.482. The number of carbonyl (C=O) groups excluding carboxylic acids is 3. The molecule has 1 aromatic heterocycles. The highest BCUT2D eigenvalue weighted by molar-refractivity contribution is 5.93. The van der Waals surface area contributed by atoms with Crippen LogP contribution in [0.2, 0.25) is 0 Å². The van der Waals surface area contributed by atoms with Crippen molar-refractivity contribution in [1.82, 2.24) is 25.3 Å². The molecule has 0 unspecified atom stereocenters. The summed E-state index contributed by atoms with van der Waals surface area (Å²) in [6.45, 7) is 4.68. The van der Waals surface area contributed by atoms with Crippen LogP contribution in [0.1, 0.15) is 43.4 Å². The predicted octanol–water partition coefficient (Wildman–Crippen LogP) is 2.35. The van der Waals surface area contributed by atoms with Crippen LogP contribution >= 0.6 is 0 Å². The number of amides is 3. The van der Waals surface area contributed by atoms with Crippen LogP contribution < -0.4 is 16.0 Å². The molecule has 4 heterocycles. The second-order valence-corrected chi connectivity index (χ2v) is 11.7. The molecule has 0 aliphatic carbocycles. The fraction of sp³-hybridized carbons (Fsp3) is 0.548. The summed E-state index contributed by atoms with van der Waals surface area (Å²) in [5.41, 5.74) is 2.05. The SMILES string of the molecule is Cc1c(NC(=O)CN2CC[C@@H]3NC(=O)[C@@H](Cc4ccccc4)NC(=O)C4(CC=CC[C@@H]3C2)CCOCC4)cnn1C. The van der Waals surface area contributed by atoms with Gasteiger partial charge in [0.1, 0.15) is 6.04 Å². The zero-order valence-corrected chi connectivity index (χ0v) is 24.1. The van der Waals surface area contributed by atoms with Crippen molar-refractivity contribution in [2.45, 2.75) is 57.5 Å². The number of aromatic nitrogens is 2. The van der Waals surface area contributed by atoms with E-state index in [1.54, 1.807) is 10.9 Å². The molecule has 2 fully saturated rings. The van der Waals surface area contributed by atoms with Crippen LogP contribution in [-0.2, 0) is 32.6 Å². The third kappa shape index (κ3) is 7.05. The molecule has 0 saturated carbocycles. The fourth-order valence-corrected chi connectivity index (χ4v) is 6.21. The summed E-state index contributed by atoms with van der Waals surface area (Å²) in [4.78, 5) is 42.5. The molecular formula is C31H42N6O4. The lowest BCUT2D eigenvalue weighted by atomic mass is 9.75. The van der Waals surface area contributed by atoms with Gasteiger partial charge in [-0.2, -0.15) is 5.10 Å². The molecule has 0 radical (unpaired) electrons. The molecule has 5 rings (SSSR count). The molecule has 2 saturated heterocycles. The minimum Gasteiger partial charge on any atom is -0.381 e. The van der Waals surface area contributed by atoms with Crippen LogP contribution in [0.3, 0.4) is 0 Å². The molecule has 10 heteroatoms. The van der Waals surface area contributed by atoms with Crippen molar-refractivity contribution in [3.63, 3.8) is 0 Å². The number of benzene rings is 1. The second-order valence-electron chi connectivity index (χ2n) is 11.7. The van der Waals surface area contributed by atoms with E-state index in [9.17, 15) is 14.4 Å². The molecule has 220 valence electrons. The van der Waals surface area contributed by atoms with Gasteiger partial charge in [-0.05, 0) is 50.5 Å². The zero-order valence-electron chi connectivity index (χ0n) is 24.1. The van der Waals surface area contributed by atoms with Crippen molar-refractivity contribution in [3.05, 3.63) is 59.9 Å². The Morgan fingerprint density at radius 3 is 2.66 bits per heavy atom. The Morgan fingerprint density at radius 2 is 1.93 bits per heavy atom. The van der Waals surface area contributed by atoms with Crippen molar-refractivity contribution in [1.29, 1.82) is 0 Å². The van der Waals surface area contributed by atoms with Crippen molar-refractivity contribution in [3.8, 4) is 0 Å². The molecule has 3 aliphatic rings. The maximum Gasteiger partial charge on any atom is 0.243 e. The van der Waals surface area contributed by atoms with E-state index >= 15 is 0 Å². The zero-order chi connectivity index (χ0) is 28.8. The molecule has 41 heavy (non-hydrogen) atoms. The lowest BCUT2D eigenvalue weighted by Gasteiger charge is -2.40. The molecule has 10 nitrogen and oxygen atoms in total. The minimum atomic E-state index is -0.666. The van der Waals surface area contributed by atoms with Gasteiger partial charge in [-0.1, -0.05) is 42.5 Å². The van der Waals surface area contributed by atoms with Crippen molar-refractivity contribution >= 4 is 23.4 Å². The van der Waals surface area contributed by atoms with Gasteiger partial charge < -0.3 is 20.7 Å². The lowest BCUT2D eigenvalue weighted by Crippen LogP contribution is -2.58. The van der Waals surface area contributed by atoms with Gasteiger partial charge in [-0.3, -0.25) is 24.0 Å². The lowest BCUT2D eigenvalue weighted by molar-refractivity contribution is -0.140. The summed E-state index contributed by atoms with van der Waals surface area (Å²) >= 11 is 0. The third-order valence-corrected chi connectivity index (χ3v) is 8.97. The summed E-state index contributed by atoms with van der Waals surface area (Å²) in [6.07, 6.45) is 9.77. The molecule has 1 aromatic carbocycles. The highest BCUT2D eigenvalue weighted by Crippen LogP contribution is 2.36. The number of nitrogens with one attached hydrogen (secondary N) is 3. The maximum atomic E-state index is 13.7. The van der Waals surface area contributed by atoms with E-state index in [0.29, 0.717) is 52.0 Å². The Hall–Kier alpha value is -3.50. The number of piperidine rings is 1. The van der Waals surface area contributed by atoms with Gasteiger partial charge in [-0.25, -0.2) is 0 Å². The predicted molar refractivity (Wildman–Crippen MR) is 156 cm³/mol. The average molecular weight is 563 g/mol. The second kappa shape index (κ2) is 13.0. The number of fused-ring (bicyclic) bond motifs is 1. The number of hydrogen-bond donors (Lipinski definition) is 3. The Bertz CT molecular complexity index is 1250. The van der Waals surface area contributed by atoms with Crippen LogP contribution in [0.5, 0.6) is 0 Å². The minimum absolute atomic E-state index is 0.0429. The van der Waals surface area contributed by atoms with Gasteiger partial charge in [0.15, 0.2) is 0 Å². The first kappa shape index (κ1) is 29.0. The summed E-state index contributed by atoms with van der Waals surface area (Å²) < 4.78 is 7.33. The van der Waals surface area contributed by atoms with Gasteiger partial charge in [0.25, 0.3) is 0 Å². The van der Waals surface area contributed by atoms with Gasteiger partial charge in [-0.15, -0.1) is 0 Å². The number of nitrogens with zero attached hydrogens (tertiary/aromatic N) is 3. The first-order chi connectivity index (χ1) is 19.8. The number of hydrogen-bond acceptors (Lipinski definition) is 6. The van der Waals surface area contributed by atoms with E-state index < -0.39 is 11.5 Å². The van der Waals surface area contributed by atoms with Gasteiger partial charge in [0.2, 0.25) is 17.7 Å². The number of carbonyl (C=O) groups is 3. The summed E-state index contributed by atoms with van der Waals surface area (Å²) in [7, 11) is 1.85. The van der Waals surface area contributed by atoms with E-state index in [2.05, 4.69) is 38.1 Å². The van der Waals surface area contributed by atoms with E-state index in [1.807, 2.05) is 44.3 Å². The molecule has 3 N–H and O–H groups in total. The van der Waals surface area contributed by atoms with Crippen LogP contribution in [0.25, 0.3) is 0 Å². The summed E-state index contributed by atoms with van der Waals surface area (Å²) in [5.74, 6) is -0.139. The van der Waals surface area contributed by atoms with Gasteiger partial charge >= 0.3 is 0 Å². The van der Waals surface area contributed by atoms with E-state index in [1.165, 1.54) is 0 Å². The number of allylic oxidation sites excluding steroid dienone is 2. The standard InChI is InChI=1S/C31H42N6O4/c1-22-27(19-32-36(22)2)33-28(38)21-37-15-11-25-24(20-37)10-6-7-12-31(13-16-41-17-14-31)30(40)35-26(29(39)34-25)18-23-8-4-3-5-9-23/h3-9,19,24-26H,10-18,20-21H2,1-2H3,(H,33,38)(H,34,39)(H,35,40)/t24-,25+,26-/m1/s1. The number of ether oxygens (including phenoxy) is 1. The average Bonchev–Trinajstić information content (AvgIpc) is 3.28.